The Hall–Kier alpha value is -3.33. The monoisotopic (exact) mass is 702 g/mol. The molecule has 0 radical (unpaired) electrons. The fraction of sp³-hybridized carbons (Fsp3) is 0.750. The Morgan fingerprint density at radius 2 is 1.58 bits per heavy atom. The van der Waals surface area contributed by atoms with Gasteiger partial charge in [0.15, 0.2) is 24.1 Å². The van der Waals surface area contributed by atoms with Crippen LogP contribution < -0.4 is 0 Å². The quantitative estimate of drug-likeness (QED) is 0.249. The molecule has 1 aromatic rings. The smallest absolute Gasteiger partial charge is 0.310 e. The molecule has 14 nitrogen and oxygen atoms in total. The van der Waals surface area contributed by atoms with Crippen molar-refractivity contribution in [3.05, 3.63) is 24.2 Å². The second-order valence-corrected chi connectivity index (χ2v) is 16.1. The number of aliphatic hydroxyl groups excluding tert-OH is 2. The number of ketones is 1. The lowest BCUT2D eigenvalue weighted by atomic mass is 9.33. The lowest BCUT2D eigenvalue weighted by Crippen LogP contribution is -2.84. The number of carbonyl (C=O) groups is 5. The zero-order chi connectivity index (χ0) is 36.5. The molecule has 0 amide bonds. The van der Waals surface area contributed by atoms with Crippen LogP contribution in [0.1, 0.15) is 79.7 Å². The summed E-state index contributed by atoms with van der Waals surface area (Å²) >= 11 is 0. The largest absolute Gasteiger partial charge is 0.472 e. The molecule has 2 saturated heterocycles. The van der Waals surface area contributed by atoms with E-state index in [1.165, 1.54) is 13.2 Å². The number of ether oxygens (including phenoxy) is 6. The highest BCUT2D eigenvalue weighted by Gasteiger charge is 2.93. The minimum absolute atomic E-state index is 0.0556. The predicted molar refractivity (Wildman–Crippen MR) is 166 cm³/mol. The third kappa shape index (κ3) is 4.07. The molecule has 6 fully saturated rings. The van der Waals surface area contributed by atoms with Crippen molar-refractivity contribution in [2.45, 2.75) is 123 Å². The average Bonchev–Trinajstić information content (AvgIpc) is 3.38. The fourth-order valence-electron chi connectivity index (χ4n) is 11.7. The molecule has 0 aromatic carbocycles. The van der Waals surface area contributed by atoms with E-state index < -0.39 is 118 Å². The Kier molecular flexibility index (Phi) is 7.78. The van der Waals surface area contributed by atoms with Crippen LogP contribution in [0.4, 0.5) is 0 Å². The first kappa shape index (κ1) is 35.1. The Balaban J connectivity index is 1.46. The Labute approximate surface area is 289 Å². The first-order chi connectivity index (χ1) is 23.3. The fourth-order valence-corrected chi connectivity index (χ4v) is 11.7. The highest BCUT2D eigenvalue weighted by Crippen LogP contribution is 2.83. The van der Waals surface area contributed by atoms with Crippen LogP contribution in [0.25, 0.3) is 0 Å². The SMILES string of the molecule is CC(=O)O[C@H]1[C@@H](OC(C)=O)[C@]2(C)[C@H](OC(=O)C(C)C)OC[C@]3([C@H]4C(=O)[C@H](OC(C)=O)[C@@]5(C)[C@H](c6ccoc6)C[C@@H]6O[C@@]65[C@]4(C)[C@H](O)C[C@@H]23)[C@H]1O. The van der Waals surface area contributed by atoms with Gasteiger partial charge in [0, 0.05) is 43.4 Å². The van der Waals surface area contributed by atoms with Gasteiger partial charge in [0.1, 0.15) is 11.7 Å². The van der Waals surface area contributed by atoms with E-state index in [2.05, 4.69) is 0 Å². The number of carbonyl (C=O) groups excluding carboxylic acids is 5. The van der Waals surface area contributed by atoms with Crippen molar-refractivity contribution in [3.8, 4) is 0 Å². The number of aliphatic hydroxyl groups is 2. The molecular formula is C36H46O14. The number of hydrogen-bond acceptors (Lipinski definition) is 14. The van der Waals surface area contributed by atoms with Gasteiger partial charge in [-0.25, -0.2) is 0 Å². The third-order valence-electron chi connectivity index (χ3n) is 13.6. The van der Waals surface area contributed by atoms with Crippen LogP contribution in [-0.2, 0) is 52.4 Å². The summed E-state index contributed by atoms with van der Waals surface area (Å²) < 4.78 is 42.0. The van der Waals surface area contributed by atoms with Crippen LogP contribution in [0.2, 0.25) is 0 Å². The molecule has 50 heavy (non-hydrogen) atoms. The van der Waals surface area contributed by atoms with E-state index in [-0.39, 0.29) is 18.9 Å². The first-order valence-electron chi connectivity index (χ1n) is 17.3. The van der Waals surface area contributed by atoms with Gasteiger partial charge in [0.05, 0.1) is 48.1 Å². The van der Waals surface area contributed by atoms with E-state index in [0.29, 0.717) is 6.42 Å². The van der Waals surface area contributed by atoms with Crippen molar-refractivity contribution in [2.24, 2.45) is 39.4 Å². The number of epoxide rings is 1. The molecule has 7 rings (SSSR count). The summed E-state index contributed by atoms with van der Waals surface area (Å²) in [5, 5.41) is 25.2. The Morgan fingerprint density at radius 1 is 0.920 bits per heavy atom. The van der Waals surface area contributed by atoms with Crippen molar-refractivity contribution < 1.29 is 67.0 Å². The molecule has 0 unspecified atom stereocenters. The zero-order valence-corrected chi connectivity index (χ0v) is 29.5. The van der Waals surface area contributed by atoms with Gasteiger partial charge in [-0.05, 0) is 37.3 Å². The summed E-state index contributed by atoms with van der Waals surface area (Å²) in [6.45, 7) is 11.7. The molecule has 14 heteroatoms. The molecule has 3 heterocycles. The van der Waals surface area contributed by atoms with Crippen LogP contribution in [0.5, 0.6) is 0 Å². The van der Waals surface area contributed by atoms with Crippen molar-refractivity contribution in [1.82, 2.24) is 0 Å². The van der Waals surface area contributed by atoms with E-state index in [0.717, 1.165) is 19.4 Å². The highest BCUT2D eigenvalue weighted by molar-refractivity contribution is 5.93. The van der Waals surface area contributed by atoms with Gasteiger partial charge in [-0.2, -0.15) is 0 Å². The molecule has 2 N–H and O–H groups in total. The molecule has 2 aliphatic heterocycles. The molecular weight excluding hydrogens is 656 g/mol. The minimum atomic E-state index is -1.70. The molecule has 4 aliphatic carbocycles. The molecule has 1 spiro atoms. The van der Waals surface area contributed by atoms with Gasteiger partial charge in [-0.3, -0.25) is 24.0 Å². The van der Waals surface area contributed by atoms with Gasteiger partial charge in [0.2, 0.25) is 6.29 Å². The molecule has 274 valence electrons. The van der Waals surface area contributed by atoms with Crippen molar-refractivity contribution in [1.29, 1.82) is 0 Å². The number of rotatable bonds is 6. The van der Waals surface area contributed by atoms with Crippen LogP contribution in [0.15, 0.2) is 23.0 Å². The van der Waals surface area contributed by atoms with Gasteiger partial charge in [-0.15, -0.1) is 0 Å². The van der Waals surface area contributed by atoms with Crippen LogP contribution in [-0.4, -0.2) is 95.0 Å². The van der Waals surface area contributed by atoms with Crippen LogP contribution in [0.3, 0.4) is 0 Å². The van der Waals surface area contributed by atoms with Crippen molar-refractivity contribution >= 4 is 29.7 Å². The van der Waals surface area contributed by atoms with Crippen LogP contribution >= 0.6 is 0 Å². The molecule has 1 aromatic heterocycles. The standard InChI is InChI=1S/C36H46O14/c1-15(2)30(43)49-31-32(6)21-12-22(40)34(8)26(35(21,14-45-31)27(42)25(46-16(3)37)29(32)48-18(5)39)24(41)28(47-17(4)38)33(7)20(19-9-10-44-13-19)11-23-36(33,34)50-23/h9-10,13,15,20-23,25-29,31,40,42H,11-12,14H2,1-8H3/t20-,21-,22+,23-,25+,26-,27-,28-,29+,31-,32+,33+,34+,35-,36-/m0/s1. The summed E-state index contributed by atoms with van der Waals surface area (Å²) in [4.78, 5) is 66.7. The maximum Gasteiger partial charge on any atom is 0.310 e. The number of fused-ring (bicyclic) bond motifs is 1. The second-order valence-electron chi connectivity index (χ2n) is 16.1. The van der Waals surface area contributed by atoms with E-state index in [1.807, 2.05) is 6.92 Å². The topological polar surface area (TPSA) is 198 Å². The number of hydrogen-bond donors (Lipinski definition) is 2. The van der Waals surface area contributed by atoms with Gasteiger partial charge in [0.25, 0.3) is 0 Å². The lowest BCUT2D eigenvalue weighted by Gasteiger charge is -2.73. The lowest BCUT2D eigenvalue weighted by molar-refractivity contribution is -0.391. The van der Waals surface area contributed by atoms with Gasteiger partial charge >= 0.3 is 23.9 Å². The van der Waals surface area contributed by atoms with Crippen molar-refractivity contribution in [2.75, 3.05) is 6.61 Å². The van der Waals surface area contributed by atoms with Gasteiger partial charge in [-0.1, -0.05) is 27.7 Å². The maximum absolute atomic E-state index is 15.5. The first-order valence-corrected chi connectivity index (χ1v) is 17.3. The molecule has 4 saturated carbocycles. The summed E-state index contributed by atoms with van der Waals surface area (Å²) in [6, 6.07) is 1.80. The molecule has 2 bridgehead atoms. The maximum atomic E-state index is 15.5. The van der Waals surface area contributed by atoms with Crippen LogP contribution in [0, 0.1) is 39.4 Å². The Morgan fingerprint density at radius 3 is 2.16 bits per heavy atom. The minimum Gasteiger partial charge on any atom is -0.472 e. The predicted octanol–water partition coefficient (Wildman–Crippen LogP) is 2.21. The zero-order valence-electron chi connectivity index (χ0n) is 29.5. The number of Topliss-reactive ketones (excluding diaryl/α,β-unsaturated/α-hetero) is 1. The molecule has 15 atom stereocenters. The summed E-state index contributed by atoms with van der Waals surface area (Å²) in [5.74, 6) is -6.59. The van der Waals surface area contributed by atoms with E-state index in [1.54, 1.807) is 40.0 Å². The Bertz CT molecular complexity index is 1620. The summed E-state index contributed by atoms with van der Waals surface area (Å²) in [6.07, 6.45) is -5.64. The van der Waals surface area contributed by atoms with E-state index in [4.69, 9.17) is 32.8 Å². The summed E-state index contributed by atoms with van der Waals surface area (Å²) in [7, 11) is 0. The van der Waals surface area contributed by atoms with E-state index >= 15 is 4.79 Å². The number of esters is 4. The average molecular weight is 703 g/mol. The summed E-state index contributed by atoms with van der Waals surface area (Å²) in [5.41, 5.74) is -6.22. The number of furan rings is 1. The normalized spacial score (nSPS) is 48.3. The molecule has 6 aliphatic rings. The highest BCUT2D eigenvalue weighted by atomic mass is 16.7. The third-order valence-corrected chi connectivity index (χ3v) is 13.6. The second kappa shape index (κ2) is 11.1. The van der Waals surface area contributed by atoms with E-state index in [9.17, 15) is 29.4 Å². The van der Waals surface area contributed by atoms with Crippen molar-refractivity contribution in [3.63, 3.8) is 0 Å². The van der Waals surface area contributed by atoms with Gasteiger partial charge < -0.3 is 43.1 Å².